The van der Waals surface area contributed by atoms with E-state index in [0.717, 1.165) is 43.6 Å². The molecule has 4 rings (SSSR count). The van der Waals surface area contributed by atoms with Gasteiger partial charge in [-0.05, 0) is 44.0 Å². The molecule has 142 valence electrons. The van der Waals surface area contributed by atoms with E-state index in [-0.39, 0.29) is 5.91 Å². The Morgan fingerprint density at radius 2 is 1.59 bits per heavy atom. The summed E-state index contributed by atoms with van der Waals surface area (Å²) in [5.74, 6) is 1.85. The van der Waals surface area contributed by atoms with E-state index in [1.165, 1.54) is 12.8 Å². The van der Waals surface area contributed by atoms with Crippen LogP contribution < -0.4 is 9.80 Å². The molecule has 27 heavy (non-hydrogen) atoms. The third kappa shape index (κ3) is 4.00. The van der Waals surface area contributed by atoms with E-state index in [2.05, 4.69) is 20.9 Å². The average molecular weight is 386 g/mol. The highest BCUT2D eigenvalue weighted by Crippen LogP contribution is 2.22. The fourth-order valence-electron chi connectivity index (χ4n) is 3.67. The molecule has 1 amide bonds. The molecule has 0 bridgehead atoms. The Hall–Kier alpha value is -2.34. The van der Waals surface area contributed by atoms with Crippen LogP contribution in [0.15, 0.2) is 30.3 Å². The van der Waals surface area contributed by atoms with Gasteiger partial charge >= 0.3 is 0 Å². The molecular weight excluding hydrogens is 362 g/mol. The lowest BCUT2D eigenvalue weighted by atomic mass is 10.2. The van der Waals surface area contributed by atoms with E-state index in [1.807, 2.05) is 11.8 Å². The minimum absolute atomic E-state index is 0.0502. The van der Waals surface area contributed by atoms with E-state index < -0.39 is 0 Å². The number of carbonyl (C=O) groups is 1. The summed E-state index contributed by atoms with van der Waals surface area (Å²) in [6.07, 6.45) is 2.45. The molecule has 0 unspecified atom stereocenters. The maximum absolute atomic E-state index is 12.7. The maximum Gasteiger partial charge on any atom is 0.253 e. The zero-order valence-electron chi connectivity index (χ0n) is 15.6. The lowest BCUT2D eigenvalue weighted by molar-refractivity contribution is 0.0746. The molecule has 2 saturated heterocycles. The Bertz CT molecular complexity index is 812. The van der Waals surface area contributed by atoms with Crippen molar-refractivity contribution < 1.29 is 4.79 Å². The first-order valence-electron chi connectivity index (χ1n) is 9.50. The Labute approximate surface area is 164 Å². The van der Waals surface area contributed by atoms with Gasteiger partial charge in [-0.15, -0.1) is 0 Å². The van der Waals surface area contributed by atoms with E-state index in [0.29, 0.717) is 23.7 Å². The zero-order valence-corrected chi connectivity index (χ0v) is 16.3. The van der Waals surface area contributed by atoms with Gasteiger partial charge in [-0.3, -0.25) is 4.79 Å². The molecule has 1 aromatic heterocycles. The van der Waals surface area contributed by atoms with Crippen molar-refractivity contribution in [3.63, 3.8) is 0 Å². The lowest BCUT2D eigenvalue weighted by Gasteiger charge is -2.35. The number of anilines is 2. The van der Waals surface area contributed by atoms with Crippen molar-refractivity contribution in [1.29, 1.82) is 0 Å². The quantitative estimate of drug-likeness (QED) is 0.813. The first-order valence-corrected chi connectivity index (χ1v) is 9.88. The number of piperazine rings is 1. The normalized spacial score (nSPS) is 17.5. The molecule has 0 aliphatic carbocycles. The number of aryl methyl sites for hydroxylation is 1. The third-order valence-electron chi connectivity index (χ3n) is 5.20. The highest BCUT2D eigenvalue weighted by atomic mass is 35.5. The molecule has 1 aromatic carbocycles. The number of hydrogen-bond donors (Lipinski definition) is 0. The molecule has 2 aliphatic rings. The molecule has 6 nitrogen and oxygen atoms in total. The summed E-state index contributed by atoms with van der Waals surface area (Å²) in [6.45, 7) is 6.96. The molecule has 0 atom stereocenters. The topological polar surface area (TPSA) is 52.6 Å². The number of aromatic nitrogens is 2. The van der Waals surface area contributed by atoms with Crippen molar-refractivity contribution in [3.8, 4) is 0 Å². The van der Waals surface area contributed by atoms with Crippen LogP contribution >= 0.6 is 11.6 Å². The fraction of sp³-hybridized carbons (Fsp3) is 0.450. The molecule has 0 N–H and O–H groups in total. The molecule has 2 aliphatic heterocycles. The molecule has 2 aromatic rings. The number of nitrogens with zero attached hydrogens (tertiary/aromatic N) is 5. The van der Waals surface area contributed by atoms with Crippen molar-refractivity contribution in [2.24, 2.45) is 0 Å². The van der Waals surface area contributed by atoms with Crippen LogP contribution in [-0.4, -0.2) is 60.0 Å². The standard InChI is InChI=1S/C20H24ClN5O/c1-15-14-18(24-8-2-3-9-24)23-20(22-15)26-12-10-25(11-13-26)19(27)16-4-6-17(21)7-5-16/h4-7,14H,2-3,8-13H2,1H3. The Morgan fingerprint density at radius 1 is 0.926 bits per heavy atom. The predicted molar refractivity (Wildman–Crippen MR) is 108 cm³/mol. The molecule has 0 radical (unpaired) electrons. The highest BCUT2D eigenvalue weighted by molar-refractivity contribution is 6.30. The molecule has 0 saturated carbocycles. The summed E-state index contributed by atoms with van der Waals surface area (Å²) in [5, 5.41) is 0.641. The minimum atomic E-state index is 0.0502. The van der Waals surface area contributed by atoms with Crippen LogP contribution in [0.2, 0.25) is 5.02 Å². The van der Waals surface area contributed by atoms with Crippen LogP contribution in [0.1, 0.15) is 28.9 Å². The van der Waals surface area contributed by atoms with E-state index in [4.69, 9.17) is 16.6 Å². The van der Waals surface area contributed by atoms with E-state index >= 15 is 0 Å². The summed E-state index contributed by atoms with van der Waals surface area (Å²) in [5.41, 5.74) is 1.66. The van der Waals surface area contributed by atoms with Gasteiger partial charge in [0.25, 0.3) is 5.91 Å². The van der Waals surface area contributed by atoms with Gasteiger partial charge in [0, 0.05) is 61.6 Å². The number of halogens is 1. The van der Waals surface area contributed by atoms with Gasteiger partial charge in [0.2, 0.25) is 5.95 Å². The molecular formula is C20H24ClN5O. The van der Waals surface area contributed by atoms with E-state index in [9.17, 15) is 4.79 Å². The summed E-state index contributed by atoms with van der Waals surface area (Å²) in [4.78, 5) is 28.5. The molecule has 2 fully saturated rings. The second-order valence-corrected chi connectivity index (χ2v) is 7.58. The van der Waals surface area contributed by atoms with Crippen molar-refractivity contribution in [2.45, 2.75) is 19.8 Å². The van der Waals surface area contributed by atoms with Crippen LogP contribution in [0.25, 0.3) is 0 Å². The predicted octanol–water partition coefficient (Wildman–Crippen LogP) is 3.00. The number of benzene rings is 1. The first-order chi connectivity index (χ1) is 13.1. The van der Waals surface area contributed by atoms with Crippen LogP contribution in [0, 0.1) is 6.92 Å². The number of carbonyl (C=O) groups excluding carboxylic acids is 1. The van der Waals surface area contributed by atoms with Gasteiger partial charge in [-0.1, -0.05) is 11.6 Å². The lowest BCUT2D eigenvalue weighted by Crippen LogP contribution is -2.49. The maximum atomic E-state index is 12.7. The van der Waals surface area contributed by atoms with Gasteiger partial charge in [0.15, 0.2) is 0 Å². The van der Waals surface area contributed by atoms with Crippen LogP contribution in [0.5, 0.6) is 0 Å². The first kappa shape index (κ1) is 18.0. The second-order valence-electron chi connectivity index (χ2n) is 7.15. The largest absolute Gasteiger partial charge is 0.356 e. The summed E-state index contributed by atoms with van der Waals surface area (Å²) >= 11 is 5.91. The number of rotatable bonds is 3. The molecule has 7 heteroatoms. The Kier molecular flexibility index (Phi) is 5.16. The summed E-state index contributed by atoms with van der Waals surface area (Å²) in [6, 6.07) is 9.14. The van der Waals surface area contributed by atoms with Crippen LogP contribution in [-0.2, 0) is 0 Å². The van der Waals surface area contributed by atoms with Crippen molar-refractivity contribution in [3.05, 3.63) is 46.6 Å². The zero-order chi connectivity index (χ0) is 18.8. The van der Waals surface area contributed by atoms with Crippen LogP contribution in [0.4, 0.5) is 11.8 Å². The third-order valence-corrected chi connectivity index (χ3v) is 5.45. The number of hydrogen-bond acceptors (Lipinski definition) is 5. The highest BCUT2D eigenvalue weighted by Gasteiger charge is 2.24. The Balaban J connectivity index is 1.43. The Morgan fingerprint density at radius 3 is 2.26 bits per heavy atom. The van der Waals surface area contributed by atoms with Crippen molar-refractivity contribution >= 4 is 29.3 Å². The molecule has 0 spiro atoms. The molecule has 3 heterocycles. The van der Waals surface area contributed by atoms with Gasteiger partial charge in [0.1, 0.15) is 5.82 Å². The average Bonchev–Trinajstić information content (AvgIpc) is 3.23. The van der Waals surface area contributed by atoms with Gasteiger partial charge in [0.05, 0.1) is 0 Å². The van der Waals surface area contributed by atoms with Gasteiger partial charge in [-0.2, -0.15) is 4.98 Å². The SMILES string of the molecule is Cc1cc(N2CCCC2)nc(N2CCN(C(=O)c3ccc(Cl)cc3)CC2)n1. The summed E-state index contributed by atoms with van der Waals surface area (Å²) < 4.78 is 0. The monoisotopic (exact) mass is 385 g/mol. The van der Waals surface area contributed by atoms with Crippen molar-refractivity contribution in [1.82, 2.24) is 14.9 Å². The summed E-state index contributed by atoms with van der Waals surface area (Å²) in [7, 11) is 0. The number of amides is 1. The van der Waals surface area contributed by atoms with Crippen LogP contribution in [0.3, 0.4) is 0 Å². The smallest absolute Gasteiger partial charge is 0.253 e. The van der Waals surface area contributed by atoms with Gasteiger partial charge in [-0.25, -0.2) is 4.98 Å². The second kappa shape index (κ2) is 7.72. The minimum Gasteiger partial charge on any atom is -0.356 e. The van der Waals surface area contributed by atoms with E-state index in [1.54, 1.807) is 24.3 Å². The van der Waals surface area contributed by atoms with Gasteiger partial charge < -0.3 is 14.7 Å². The van der Waals surface area contributed by atoms with Crippen molar-refractivity contribution in [2.75, 3.05) is 49.1 Å². The fourth-order valence-corrected chi connectivity index (χ4v) is 3.80.